The predicted molar refractivity (Wildman–Crippen MR) is 104 cm³/mol. The number of amidine groups is 1. The molecule has 0 fully saturated rings. The Morgan fingerprint density at radius 3 is 2.79 bits per heavy atom. The number of pyridine rings is 1. The summed E-state index contributed by atoms with van der Waals surface area (Å²) in [4.78, 5) is 4.25. The summed E-state index contributed by atoms with van der Waals surface area (Å²) in [6.45, 7) is 0. The first-order valence-corrected chi connectivity index (χ1v) is 8.66. The van der Waals surface area contributed by atoms with Crippen LogP contribution in [0.4, 0.5) is 0 Å². The molecule has 0 radical (unpaired) electrons. The quantitative estimate of drug-likeness (QED) is 0.325. The van der Waals surface area contributed by atoms with Gasteiger partial charge < -0.3 is 5.73 Å². The standard InChI is InChI=1S/C18H15ClN4S/c19-17-9-7-15-10-14(6-8-16(15)22-17)11-21-23-18(20)24-12-13-4-2-1-3-5-13/h1-11H,12H2,(H2,20,23). The van der Waals surface area contributed by atoms with Gasteiger partial charge in [0.25, 0.3) is 0 Å². The van der Waals surface area contributed by atoms with Crippen molar-refractivity contribution in [2.24, 2.45) is 15.9 Å². The summed E-state index contributed by atoms with van der Waals surface area (Å²) in [7, 11) is 0. The van der Waals surface area contributed by atoms with E-state index in [1.807, 2.05) is 42.5 Å². The lowest BCUT2D eigenvalue weighted by atomic mass is 10.1. The Balaban J connectivity index is 1.63. The summed E-state index contributed by atoms with van der Waals surface area (Å²) in [5.41, 5.74) is 8.84. The van der Waals surface area contributed by atoms with E-state index in [4.69, 9.17) is 17.3 Å². The van der Waals surface area contributed by atoms with E-state index in [-0.39, 0.29) is 0 Å². The summed E-state index contributed by atoms with van der Waals surface area (Å²) < 4.78 is 0. The lowest BCUT2D eigenvalue weighted by molar-refractivity contribution is 1.25. The molecule has 0 spiro atoms. The molecule has 3 rings (SSSR count). The lowest BCUT2D eigenvalue weighted by Crippen LogP contribution is -2.05. The highest BCUT2D eigenvalue weighted by atomic mass is 35.5. The van der Waals surface area contributed by atoms with Crippen molar-refractivity contribution in [2.75, 3.05) is 0 Å². The summed E-state index contributed by atoms with van der Waals surface area (Å²) in [5, 5.41) is 9.98. The van der Waals surface area contributed by atoms with Crippen molar-refractivity contribution in [1.82, 2.24) is 4.98 Å². The molecular formula is C18H15ClN4S. The Morgan fingerprint density at radius 2 is 1.96 bits per heavy atom. The minimum Gasteiger partial charge on any atom is -0.377 e. The van der Waals surface area contributed by atoms with Gasteiger partial charge >= 0.3 is 0 Å². The van der Waals surface area contributed by atoms with Gasteiger partial charge in [0.05, 0.1) is 11.7 Å². The number of hydrogen-bond acceptors (Lipinski definition) is 4. The molecule has 24 heavy (non-hydrogen) atoms. The van der Waals surface area contributed by atoms with E-state index in [9.17, 15) is 0 Å². The van der Waals surface area contributed by atoms with E-state index >= 15 is 0 Å². The second-order valence-corrected chi connectivity index (χ2v) is 6.43. The number of benzene rings is 2. The van der Waals surface area contributed by atoms with E-state index in [0.29, 0.717) is 10.3 Å². The third-order valence-corrected chi connectivity index (χ3v) is 4.34. The molecule has 0 atom stereocenters. The van der Waals surface area contributed by atoms with Crippen LogP contribution in [0, 0.1) is 0 Å². The third kappa shape index (κ3) is 4.57. The number of hydrogen-bond donors (Lipinski definition) is 1. The van der Waals surface area contributed by atoms with E-state index in [1.54, 1.807) is 12.3 Å². The van der Waals surface area contributed by atoms with Gasteiger partial charge in [-0.15, -0.1) is 5.10 Å². The first kappa shape index (κ1) is 16.5. The summed E-state index contributed by atoms with van der Waals surface area (Å²) in [5.74, 6) is 0.772. The van der Waals surface area contributed by atoms with Gasteiger partial charge in [-0.2, -0.15) is 5.10 Å². The Hall–Kier alpha value is -2.37. The molecule has 2 N–H and O–H groups in total. The SMILES string of the molecule is NC(=NN=Cc1ccc2nc(Cl)ccc2c1)SCc1ccccc1. The van der Waals surface area contributed by atoms with Crippen molar-refractivity contribution < 1.29 is 0 Å². The van der Waals surface area contributed by atoms with Crippen LogP contribution in [0.15, 0.2) is 70.9 Å². The maximum Gasteiger partial charge on any atom is 0.180 e. The van der Waals surface area contributed by atoms with Crippen molar-refractivity contribution in [3.05, 3.63) is 76.9 Å². The molecule has 0 unspecified atom stereocenters. The van der Waals surface area contributed by atoms with Crippen LogP contribution >= 0.6 is 23.4 Å². The molecule has 0 saturated carbocycles. The molecule has 120 valence electrons. The maximum absolute atomic E-state index is 5.88. The minimum absolute atomic E-state index is 0.435. The zero-order valence-electron chi connectivity index (χ0n) is 12.8. The van der Waals surface area contributed by atoms with Crippen molar-refractivity contribution >= 4 is 45.6 Å². The zero-order chi connectivity index (χ0) is 16.8. The number of aromatic nitrogens is 1. The molecule has 1 aromatic heterocycles. The molecule has 0 aliphatic carbocycles. The van der Waals surface area contributed by atoms with Crippen LogP contribution in [0.25, 0.3) is 10.9 Å². The molecule has 0 aliphatic rings. The highest BCUT2D eigenvalue weighted by Crippen LogP contribution is 2.16. The van der Waals surface area contributed by atoms with E-state index < -0.39 is 0 Å². The van der Waals surface area contributed by atoms with Gasteiger partial charge in [-0.25, -0.2) is 4.98 Å². The van der Waals surface area contributed by atoms with Gasteiger partial charge in [-0.1, -0.05) is 59.8 Å². The monoisotopic (exact) mass is 354 g/mol. The Bertz CT molecular complexity index is 894. The van der Waals surface area contributed by atoms with Gasteiger partial charge in [0.2, 0.25) is 0 Å². The number of nitrogens with zero attached hydrogens (tertiary/aromatic N) is 3. The van der Waals surface area contributed by atoms with Crippen LogP contribution in [0.1, 0.15) is 11.1 Å². The molecule has 2 aromatic carbocycles. The maximum atomic E-state index is 5.88. The van der Waals surface area contributed by atoms with E-state index in [0.717, 1.165) is 22.2 Å². The molecular weight excluding hydrogens is 340 g/mol. The molecule has 1 heterocycles. The summed E-state index contributed by atoms with van der Waals surface area (Å²) >= 11 is 7.34. The van der Waals surface area contributed by atoms with Gasteiger partial charge in [0, 0.05) is 11.1 Å². The van der Waals surface area contributed by atoms with E-state index in [2.05, 4.69) is 27.3 Å². The molecule has 0 bridgehead atoms. The first-order valence-electron chi connectivity index (χ1n) is 7.30. The van der Waals surface area contributed by atoms with Crippen LogP contribution in [-0.2, 0) is 5.75 Å². The number of fused-ring (bicyclic) bond motifs is 1. The highest BCUT2D eigenvalue weighted by molar-refractivity contribution is 8.13. The Morgan fingerprint density at radius 1 is 1.12 bits per heavy atom. The second kappa shape index (κ2) is 7.95. The smallest absolute Gasteiger partial charge is 0.180 e. The van der Waals surface area contributed by atoms with Gasteiger partial charge in [0.15, 0.2) is 5.17 Å². The van der Waals surface area contributed by atoms with Crippen molar-refractivity contribution in [2.45, 2.75) is 5.75 Å². The number of thioether (sulfide) groups is 1. The minimum atomic E-state index is 0.435. The molecule has 4 nitrogen and oxygen atoms in total. The van der Waals surface area contributed by atoms with Crippen LogP contribution in [0.5, 0.6) is 0 Å². The Kier molecular flexibility index (Phi) is 5.46. The normalized spacial score (nSPS) is 12.1. The number of rotatable bonds is 4. The van der Waals surface area contributed by atoms with E-state index in [1.165, 1.54) is 17.3 Å². The van der Waals surface area contributed by atoms with Gasteiger partial charge in [0.1, 0.15) is 5.15 Å². The summed E-state index contributed by atoms with van der Waals surface area (Å²) in [6, 6.07) is 19.6. The highest BCUT2D eigenvalue weighted by Gasteiger charge is 1.98. The largest absolute Gasteiger partial charge is 0.377 e. The van der Waals surface area contributed by atoms with Crippen molar-refractivity contribution in [3.8, 4) is 0 Å². The van der Waals surface area contributed by atoms with Crippen LogP contribution in [-0.4, -0.2) is 16.4 Å². The second-order valence-electron chi connectivity index (χ2n) is 5.04. The van der Waals surface area contributed by atoms with Crippen LogP contribution < -0.4 is 5.73 Å². The number of nitrogens with two attached hydrogens (primary N) is 1. The zero-order valence-corrected chi connectivity index (χ0v) is 14.3. The molecule has 0 aliphatic heterocycles. The topological polar surface area (TPSA) is 63.6 Å². The molecule has 6 heteroatoms. The first-order chi connectivity index (χ1) is 11.7. The number of halogens is 1. The predicted octanol–water partition coefficient (Wildman–Crippen LogP) is 4.47. The molecule has 0 amide bonds. The van der Waals surface area contributed by atoms with Crippen LogP contribution in [0.3, 0.4) is 0 Å². The average Bonchev–Trinajstić information content (AvgIpc) is 2.61. The lowest BCUT2D eigenvalue weighted by Gasteiger charge is -2.00. The van der Waals surface area contributed by atoms with Gasteiger partial charge in [-0.3, -0.25) is 0 Å². The van der Waals surface area contributed by atoms with Crippen LogP contribution in [0.2, 0.25) is 5.15 Å². The van der Waals surface area contributed by atoms with Gasteiger partial charge in [-0.05, 0) is 35.4 Å². The fourth-order valence-electron chi connectivity index (χ4n) is 2.11. The molecule has 0 saturated heterocycles. The molecule has 3 aromatic rings. The Labute approximate surface area is 149 Å². The average molecular weight is 355 g/mol. The van der Waals surface area contributed by atoms with Crippen molar-refractivity contribution in [3.63, 3.8) is 0 Å². The third-order valence-electron chi connectivity index (χ3n) is 3.27. The fourth-order valence-corrected chi connectivity index (χ4v) is 2.88. The fraction of sp³-hybridized carbons (Fsp3) is 0.0556. The summed E-state index contributed by atoms with van der Waals surface area (Å²) in [6.07, 6.45) is 1.67. The van der Waals surface area contributed by atoms with Crippen molar-refractivity contribution in [1.29, 1.82) is 0 Å².